The van der Waals surface area contributed by atoms with Gasteiger partial charge in [-0.15, -0.1) is 5.10 Å². The molecule has 0 aromatic carbocycles. The van der Waals surface area contributed by atoms with Crippen LogP contribution < -0.4 is 11.1 Å². The molecule has 0 unspecified atom stereocenters. The SMILES string of the molecule is CC(C)(N)C(=O)C[C@H](CCCCNC(=O)CCCS(=O)(=O)CC(=O)CCCCCCCCCCCCCCCC1=NN=NC1)C(=O)CCC(=O)O. The number of nitrogens with two attached hydrogens (primary N) is 1. The van der Waals surface area contributed by atoms with E-state index < -0.39 is 33.0 Å². The highest BCUT2D eigenvalue weighted by molar-refractivity contribution is 7.92. The molecule has 1 amide bonds. The van der Waals surface area contributed by atoms with E-state index in [-0.39, 0.29) is 67.5 Å². The molecule has 51 heavy (non-hydrogen) atoms. The van der Waals surface area contributed by atoms with E-state index in [1.807, 2.05) is 0 Å². The predicted molar refractivity (Wildman–Crippen MR) is 199 cm³/mol. The van der Waals surface area contributed by atoms with Gasteiger partial charge in [-0.3, -0.25) is 24.0 Å². The van der Waals surface area contributed by atoms with Gasteiger partial charge in [0.05, 0.1) is 23.4 Å². The van der Waals surface area contributed by atoms with E-state index in [0.29, 0.717) is 38.8 Å². The third kappa shape index (κ3) is 25.7. The number of Topliss-reactive ketones (excluding diaryl/α,β-unsaturated/α-hetero) is 3. The van der Waals surface area contributed by atoms with Crippen LogP contribution in [0.4, 0.5) is 0 Å². The molecular formula is C37H65N5O8S. The number of unbranched alkanes of at least 4 members (excludes halogenated alkanes) is 13. The van der Waals surface area contributed by atoms with Gasteiger partial charge in [-0.05, 0) is 57.6 Å². The highest BCUT2D eigenvalue weighted by Gasteiger charge is 2.28. The number of carboxylic acids is 1. The number of hydrogen-bond acceptors (Lipinski definition) is 11. The summed E-state index contributed by atoms with van der Waals surface area (Å²) in [4.78, 5) is 60.2. The zero-order chi connectivity index (χ0) is 38.0. The first-order valence-corrected chi connectivity index (χ1v) is 21.0. The lowest BCUT2D eigenvalue weighted by Gasteiger charge is -2.21. The fourth-order valence-corrected chi connectivity index (χ4v) is 7.30. The van der Waals surface area contributed by atoms with Gasteiger partial charge >= 0.3 is 5.97 Å². The van der Waals surface area contributed by atoms with Crippen molar-refractivity contribution in [1.82, 2.24) is 5.32 Å². The minimum absolute atomic E-state index is 0.0232. The second-order valence-electron chi connectivity index (χ2n) is 14.6. The van der Waals surface area contributed by atoms with Gasteiger partial charge in [-0.1, -0.05) is 77.0 Å². The lowest BCUT2D eigenvalue weighted by Crippen LogP contribution is -2.43. The number of hydrogen-bond donors (Lipinski definition) is 3. The fraction of sp³-hybridized carbons (Fsp3) is 0.838. The summed E-state index contributed by atoms with van der Waals surface area (Å²) in [5, 5.41) is 23.1. The van der Waals surface area contributed by atoms with E-state index in [0.717, 1.165) is 31.4 Å². The third-order valence-electron chi connectivity index (χ3n) is 9.16. The molecule has 0 spiro atoms. The fourth-order valence-electron chi connectivity index (χ4n) is 5.94. The Hall–Kier alpha value is -2.87. The van der Waals surface area contributed by atoms with Crippen molar-refractivity contribution in [3.8, 4) is 0 Å². The quantitative estimate of drug-likeness (QED) is 0.0617. The van der Waals surface area contributed by atoms with Gasteiger partial charge in [0.1, 0.15) is 23.9 Å². The summed E-state index contributed by atoms with van der Waals surface area (Å²) < 4.78 is 24.8. The zero-order valence-electron chi connectivity index (χ0n) is 31.3. The maximum absolute atomic E-state index is 12.5. The van der Waals surface area contributed by atoms with Crippen LogP contribution in [0.3, 0.4) is 0 Å². The predicted octanol–water partition coefficient (Wildman–Crippen LogP) is 6.46. The van der Waals surface area contributed by atoms with Crippen molar-refractivity contribution in [2.45, 2.75) is 167 Å². The summed E-state index contributed by atoms with van der Waals surface area (Å²) in [6, 6.07) is 0. The number of carbonyl (C=O) groups is 5. The van der Waals surface area contributed by atoms with Gasteiger partial charge in [0.15, 0.2) is 15.6 Å². The monoisotopic (exact) mass is 739 g/mol. The van der Waals surface area contributed by atoms with Crippen molar-refractivity contribution < 1.29 is 37.5 Å². The first-order valence-electron chi connectivity index (χ1n) is 19.2. The second kappa shape index (κ2) is 26.8. The molecule has 0 fully saturated rings. The largest absolute Gasteiger partial charge is 0.481 e. The number of nitrogens with one attached hydrogen (secondary N) is 1. The number of carboxylic acid groups (broad SMARTS) is 1. The van der Waals surface area contributed by atoms with Crippen molar-refractivity contribution in [2.24, 2.45) is 27.1 Å². The van der Waals surface area contributed by atoms with Crippen molar-refractivity contribution in [2.75, 3.05) is 24.6 Å². The summed E-state index contributed by atoms with van der Waals surface area (Å²) >= 11 is 0. The molecule has 0 aliphatic carbocycles. The molecule has 1 aliphatic heterocycles. The standard InChI is InChI=1S/C37H65N5O8S/c1-37(2,38)34(45)27-30(33(44)23-24-36(47)48)19-16-17-25-39-35(46)22-18-26-51(49,50)29-32(43)21-15-13-11-9-7-5-3-4-6-8-10-12-14-20-31-28-40-42-41-31/h30H,3-29,38H2,1-2H3,(H,39,46)(H,47,48)/t30-/m0/s1. The van der Waals surface area contributed by atoms with Gasteiger partial charge in [0.2, 0.25) is 5.91 Å². The molecule has 0 saturated carbocycles. The van der Waals surface area contributed by atoms with Crippen LogP contribution in [0.1, 0.15) is 162 Å². The second-order valence-corrected chi connectivity index (χ2v) is 16.8. The van der Waals surface area contributed by atoms with E-state index in [9.17, 15) is 32.4 Å². The molecule has 0 aromatic heterocycles. The van der Waals surface area contributed by atoms with Crippen molar-refractivity contribution in [3.05, 3.63) is 0 Å². The van der Waals surface area contributed by atoms with Crippen LogP contribution >= 0.6 is 0 Å². The molecule has 13 nitrogen and oxygen atoms in total. The summed E-state index contributed by atoms with van der Waals surface area (Å²) in [7, 11) is -3.57. The van der Waals surface area contributed by atoms with Crippen molar-refractivity contribution in [3.63, 3.8) is 0 Å². The zero-order valence-corrected chi connectivity index (χ0v) is 32.1. The van der Waals surface area contributed by atoms with E-state index in [4.69, 9.17) is 10.8 Å². The molecule has 14 heteroatoms. The highest BCUT2D eigenvalue weighted by Crippen LogP contribution is 2.20. The number of ketones is 3. The number of rotatable bonds is 34. The van der Waals surface area contributed by atoms with Crippen LogP contribution in [0.25, 0.3) is 0 Å². The molecule has 1 rings (SSSR count). The van der Waals surface area contributed by atoms with Gasteiger partial charge in [0, 0.05) is 38.1 Å². The summed E-state index contributed by atoms with van der Waals surface area (Å²) in [6.45, 7) is 4.13. The van der Waals surface area contributed by atoms with Crippen molar-refractivity contribution in [1.29, 1.82) is 0 Å². The number of aliphatic carboxylic acids is 1. The van der Waals surface area contributed by atoms with E-state index >= 15 is 0 Å². The normalized spacial score (nSPS) is 13.6. The van der Waals surface area contributed by atoms with Crippen LogP contribution in [0.5, 0.6) is 0 Å². The van der Waals surface area contributed by atoms with Gasteiger partial charge in [-0.25, -0.2) is 8.42 Å². The molecular weight excluding hydrogens is 675 g/mol. The third-order valence-corrected chi connectivity index (χ3v) is 10.8. The van der Waals surface area contributed by atoms with Crippen LogP contribution in [0.2, 0.25) is 0 Å². The summed E-state index contributed by atoms with van der Waals surface area (Å²) in [6.07, 6.45) is 17.4. The first-order chi connectivity index (χ1) is 24.2. The number of nitrogens with zero attached hydrogens (tertiary/aromatic N) is 3. The molecule has 0 saturated heterocycles. The van der Waals surface area contributed by atoms with Crippen LogP contribution in [0.15, 0.2) is 15.4 Å². The van der Waals surface area contributed by atoms with E-state index in [2.05, 4.69) is 20.8 Å². The Morgan fingerprint density at radius 3 is 1.92 bits per heavy atom. The Labute approximate surface area is 305 Å². The van der Waals surface area contributed by atoms with Gasteiger partial charge in [0.25, 0.3) is 0 Å². The minimum Gasteiger partial charge on any atom is -0.481 e. The Balaban J connectivity index is 2.05. The van der Waals surface area contributed by atoms with Gasteiger partial charge < -0.3 is 16.2 Å². The van der Waals surface area contributed by atoms with E-state index in [1.165, 1.54) is 57.8 Å². The molecule has 292 valence electrons. The first kappa shape index (κ1) is 46.2. The maximum atomic E-state index is 12.5. The Morgan fingerprint density at radius 1 is 0.784 bits per heavy atom. The minimum atomic E-state index is -3.57. The maximum Gasteiger partial charge on any atom is 0.303 e. The highest BCUT2D eigenvalue weighted by atomic mass is 32.2. The molecule has 4 N–H and O–H groups in total. The number of carbonyl (C=O) groups excluding carboxylic acids is 4. The number of sulfone groups is 1. The molecule has 1 heterocycles. The van der Waals surface area contributed by atoms with Crippen LogP contribution in [0, 0.1) is 5.92 Å². The Bertz CT molecular complexity index is 1240. The smallest absolute Gasteiger partial charge is 0.303 e. The topological polar surface area (TPSA) is 215 Å². The summed E-state index contributed by atoms with van der Waals surface area (Å²) in [5.74, 6) is -3.54. The summed E-state index contributed by atoms with van der Waals surface area (Å²) in [5.41, 5.74) is 5.87. The molecule has 1 aliphatic rings. The van der Waals surface area contributed by atoms with E-state index in [1.54, 1.807) is 13.8 Å². The Kier molecular flexibility index (Phi) is 24.3. The van der Waals surface area contributed by atoms with Crippen LogP contribution in [-0.2, 0) is 33.8 Å². The van der Waals surface area contributed by atoms with Gasteiger partial charge in [-0.2, -0.15) is 5.11 Å². The Morgan fingerprint density at radius 2 is 1.37 bits per heavy atom. The lowest BCUT2D eigenvalue weighted by atomic mass is 9.85. The molecule has 0 radical (unpaired) electrons. The average Bonchev–Trinajstić information content (AvgIpc) is 3.57. The molecule has 1 atom stereocenters. The average molecular weight is 740 g/mol. The molecule has 0 aromatic rings. The molecule has 0 bridgehead atoms. The lowest BCUT2D eigenvalue weighted by molar-refractivity contribution is -0.139. The number of amides is 1. The van der Waals surface area contributed by atoms with Crippen molar-refractivity contribution >= 4 is 44.8 Å². The van der Waals surface area contributed by atoms with Crippen LogP contribution in [-0.4, -0.2) is 78.6 Å².